The van der Waals surface area contributed by atoms with Gasteiger partial charge in [0.05, 0.1) is 18.3 Å². The molecule has 4 nitrogen and oxygen atoms in total. The third kappa shape index (κ3) is 2.88. The van der Waals surface area contributed by atoms with Gasteiger partial charge in [0.25, 0.3) is 0 Å². The molecule has 0 atom stereocenters. The van der Waals surface area contributed by atoms with Gasteiger partial charge in [0.2, 0.25) is 0 Å². The quantitative estimate of drug-likeness (QED) is 0.674. The summed E-state index contributed by atoms with van der Waals surface area (Å²) in [5.41, 5.74) is 2.95. The van der Waals surface area contributed by atoms with Crippen LogP contribution in [-0.4, -0.2) is 25.4 Å². The Morgan fingerprint density at radius 3 is 2.30 bits per heavy atom. The summed E-state index contributed by atoms with van der Waals surface area (Å²) in [6, 6.07) is 4.99. The summed E-state index contributed by atoms with van der Waals surface area (Å²) in [5.74, 6) is -0.334. The van der Waals surface area contributed by atoms with E-state index in [1.807, 2.05) is 33.8 Å². The average molecular weight is 281 g/mol. The molecular weight excluding hydrogens is 260 g/mol. The minimum atomic E-state index is -0.676. The minimum Gasteiger partial charge on any atom is -0.399 e. The van der Waals surface area contributed by atoms with Crippen LogP contribution in [-0.2, 0) is 20.7 Å². The molecule has 0 aliphatic carbocycles. The van der Waals surface area contributed by atoms with E-state index in [1.54, 1.807) is 6.07 Å². The number of rotatable bonds is 4. The molecule has 2 rings (SSSR count). The normalized spacial score (nSPS) is 20.4. The van der Waals surface area contributed by atoms with Crippen molar-refractivity contribution in [2.24, 2.45) is 0 Å². The molecule has 0 spiro atoms. The first kappa shape index (κ1) is 15.4. The van der Waals surface area contributed by atoms with Gasteiger partial charge < -0.3 is 14.1 Å². The van der Waals surface area contributed by atoms with Gasteiger partial charge in [-0.2, -0.15) is 5.48 Å². The number of nitrogens with one attached hydrogen (secondary N) is 1. The van der Waals surface area contributed by atoms with Gasteiger partial charge in [-0.25, -0.2) is 4.39 Å². The monoisotopic (exact) mass is 281 g/mol. The number of halogens is 1. The molecule has 20 heavy (non-hydrogen) atoms. The smallest absolute Gasteiger partial charge is 0.399 e. The predicted molar refractivity (Wildman–Crippen MR) is 76.0 cm³/mol. The van der Waals surface area contributed by atoms with E-state index in [-0.39, 0.29) is 5.82 Å². The molecule has 6 heteroatoms. The highest BCUT2D eigenvalue weighted by Crippen LogP contribution is 2.36. The van der Waals surface area contributed by atoms with E-state index in [0.717, 1.165) is 5.56 Å². The van der Waals surface area contributed by atoms with Crippen molar-refractivity contribution in [2.45, 2.75) is 45.4 Å². The van der Waals surface area contributed by atoms with E-state index in [2.05, 4.69) is 5.48 Å². The molecule has 1 aromatic rings. The molecule has 1 aromatic carbocycles. The van der Waals surface area contributed by atoms with Crippen molar-refractivity contribution in [3.8, 4) is 0 Å². The van der Waals surface area contributed by atoms with Crippen molar-refractivity contribution in [2.75, 3.05) is 7.11 Å². The predicted octanol–water partition coefficient (Wildman–Crippen LogP) is 1.78. The molecule has 0 saturated carbocycles. The van der Waals surface area contributed by atoms with Crippen LogP contribution in [0.5, 0.6) is 0 Å². The second-order valence-electron chi connectivity index (χ2n) is 5.97. The number of benzene rings is 1. The van der Waals surface area contributed by atoms with E-state index in [9.17, 15) is 4.39 Å². The second kappa shape index (κ2) is 5.45. The van der Waals surface area contributed by atoms with Gasteiger partial charge in [0, 0.05) is 12.0 Å². The molecule has 1 saturated heterocycles. The first-order chi connectivity index (χ1) is 9.27. The molecule has 0 unspecified atom stereocenters. The van der Waals surface area contributed by atoms with Crippen LogP contribution < -0.4 is 10.9 Å². The lowest BCUT2D eigenvalue weighted by atomic mass is 9.78. The minimum absolute atomic E-state index is 0.334. The Kier molecular flexibility index (Phi) is 4.20. The maximum atomic E-state index is 14.2. The van der Waals surface area contributed by atoms with Crippen molar-refractivity contribution in [3.63, 3.8) is 0 Å². The summed E-state index contributed by atoms with van der Waals surface area (Å²) in [5, 5.41) is 0. The third-order valence-corrected chi connectivity index (χ3v) is 3.99. The summed E-state index contributed by atoms with van der Waals surface area (Å²) in [4.78, 5) is 4.75. The van der Waals surface area contributed by atoms with Gasteiger partial charge in [-0.05, 0) is 39.3 Å². The summed E-state index contributed by atoms with van der Waals surface area (Å²) < 4.78 is 25.9. The molecule has 1 aliphatic heterocycles. The summed E-state index contributed by atoms with van der Waals surface area (Å²) >= 11 is 0. The van der Waals surface area contributed by atoms with Crippen molar-refractivity contribution in [1.29, 1.82) is 0 Å². The van der Waals surface area contributed by atoms with Crippen molar-refractivity contribution in [1.82, 2.24) is 5.48 Å². The maximum absolute atomic E-state index is 14.2. The van der Waals surface area contributed by atoms with Crippen LogP contribution >= 0.6 is 0 Å². The summed E-state index contributed by atoms with van der Waals surface area (Å²) in [6.45, 7) is 8.23. The van der Waals surface area contributed by atoms with Gasteiger partial charge in [-0.3, -0.25) is 0 Å². The van der Waals surface area contributed by atoms with E-state index in [0.29, 0.717) is 12.0 Å². The van der Waals surface area contributed by atoms with Gasteiger partial charge >= 0.3 is 7.12 Å². The zero-order valence-electron chi connectivity index (χ0n) is 12.6. The molecule has 1 aliphatic rings. The van der Waals surface area contributed by atoms with Crippen molar-refractivity contribution in [3.05, 3.63) is 29.6 Å². The highest BCUT2D eigenvalue weighted by Gasteiger charge is 2.52. The summed E-state index contributed by atoms with van der Waals surface area (Å²) in [7, 11) is 0.846. The fraction of sp³-hybridized carbons (Fsp3) is 0.571. The maximum Gasteiger partial charge on any atom is 0.497 e. The van der Waals surface area contributed by atoms with Gasteiger partial charge in [0.15, 0.2) is 0 Å². The van der Waals surface area contributed by atoms with Crippen LogP contribution in [0, 0.1) is 5.82 Å². The average Bonchev–Trinajstić information content (AvgIpc) is 2.55. The molecule has 0 bridgehead atoms. The standard InChI is InChI=1S/C14H21BFNO3/c1-13(2)14(3,4)20-15(19-13)11-7-6-10(8-12(11)16)9-17-18-5/h6-8,17H,9H2,1-5H3. The Morgan fingerprint density at radius 2 is 1.80 bits per heavy atom. The number of hydrogen-bond donors (Lipinski definition) is 1. The molecule has 0 radical (unpaired) electrons. The van der Waals surface area contributed by atoms with E-state index in [1.165, 1.54) is 13.2 Å². The zero-order valence-corrected chi connectivity index (χ0v) is 12.6. The highest BCUT2D eigenvalue weighted by atomic mass is 19.1. The van der Waals surface area contributed by atoms with E-state index in [4.69, 9.17) is 14.1 Å². The summed E-state index contributed by atoms with van der Waals surface area (Å²) in [6.07, 6.45) is 0. The largest absolute Gasteiger partial charge is 0.497 e. The Balaban J connectivity index is 2.19. The van der Waals surface area contributed by atoms with Crippen LogP contribution in [0.4, 0.5) is 4.39 Å². The Labute approximate surface area is 119 Å². The van der Waals surface area contributed by atoms with Crippen LogP contribution in [0.1, 0.15) is 33.3 Å². The number of hydroxylamine groups is 1. The van der Waals surface area contributed by atoms with E-state index >= 15 is 0 Å². The molecule has 1 N–H and O–H groups in total. The fourth-order valence-corrected chi connectivity index (χ4v) is 2.00. The molecule has 1 fully saturated rings. The zero-order chi connectivity index (χ0) is 15.0. The first-order valence-corrected chi connectivity index (χ1v) is 6.66. The molecule has 1 heterocycles. The molecular formula is C14H21BFNO3. The van der Waals surface area contributed by atoms with Crippen molar-refractivity contribution < 1.29 is 18.5 Å². The Morgan fingerprint density at radius 1 is 1.20 bits per heavy atom. The third-order valence-electron chi connectivity index (χ3n) is 3.99. The Bertz CT molecular complexity index is 477. The van der Waals surface area contributed by atoms with Gasteiger partial charge in [-0.15, -0.1) is 0 Å². The topological polar surface area (TPSA) is 39.7 Å². The highest BCUT2D eigenvalue weighted by molar-refractivity contribution is 6.62. The van der Waals surface area contributed by atoms with Crippen molar-refractivity contribution >= 4 is 12.6 Å². The van der Waals surface area contributed by atoms with Crippen LogP contribution in [0.15, 0.2) is 18.2 Å². The van der Waals surface area contributed by atoms with Crippen LogP contribution in [0.2, 0.25) is 0 Å². The molecule has 110 valence electrons. The number of hydrogen-bond acceptors (Lipinski definition) is 4. The lowest BCUT2D eigenvalue weighted by Crippen LogP contribution is -2.41. The molecule has 0 aromatic heterocycles. The van der Waals surface area contributed by atoms with Crippen LogP contribution in [0.25, 0.3) is 0 Å². The van der Waals surface area contributed by atoms with E-state index < -0.39 is 18.3 Å². The Hall–Kier alpha value is -0.945. The fourth-order valence-electron chi connectivity index (χ4n) is 2.00. The SMILES string of the molecule is CONCc1ccc(B2OC(C)(C)C(C)(C)O2)c(F)c1. The molecule has 0 amide bonds. The lowest BCUT2D eigenvalue weighted by Gasteiger charge is -2.32. The van der Waals surface area contributed by atoms with Gasteiger partial charge in [-0.1, -0.05) is 12.1 Å². The van der Waals surface area contributed by atoms with Crippen LogP contribution in [0.3, 0.4) is 0 Å². The second-order valence-corrected chi connectivity index (χ2v) is 5.97. The lowest BCUT2D eigenvalue weighted by molar-refractivity contribution is 0.00578. The van der Waals surface area contributed by atoms with Gasteiger partial charge in [0.1, 0.15) is 5.82 Å². The first-order valence-electron chi connectivity index (χ1n) is 6.66.